The lowest BCUT2D eigenvalue weighted by molar-refractivity contribution is 0.543. The van der Waals surface area contributed by atoms with Gasteiger partial charge in [0.2, 0.25) is 0 Å². The second-order valence-electron chi connectivity index (χ2n) is 6.28. The van der Waals surface area contributed by atoms with E-state index in [4.69, 9.17) is 0 Å². The second-order valence-corrected chi connectivity index (χ2v) is 6.28. The Hall–Kier alpha value is -1.61. The van der Waals surface area contributed by atoms with E-state index in [1.807, 2.05) is 10.9 Å². The Labute approximate surface area is 128 Å². The summed E-state index contributed by atoms with van der Waals surface area (Å²) in [6, 6.07) is 6.49. The Morgan fingerprint density at radius 2 is 2.05 bits per heavy atom. The Morgan fingerprint density at radius 3 is 2.81 bits per heavy atom. The molecule has 114 valence electrons. The van der Waals surface area contributed by atoms with Crippen LogP contribution in [0.2, 0.25) is 0 Å². The van der Waals surface area contributed by atoms with Crippen LogP contribution in [0.25, 0.3) is 5.69 Å². The van der Waals surface area contributed by atoms with Crippen molar-refractivity contribution in [1.82, 2.24) is 15.1 Å². The summed E-state index contributed by atoms with van der Waals surface area (Å²) in [5.41, 5.74) is 5.01. The van der Waals surface area contributed by atoms with Gasteiger partial charge in [0.05, 0.1) is 11.9 Å². The third-order valence-electron chi connectivity index (χ3n) is 3.62. The first kappa shape index (κ1) is 15.8. The van der Waals surface area contributed by atoms with Crippen LogP contribution >= 0.6 is 0 Å². The standard InChI is InChI=1S/C18H27N3/c1-14(2)11-19-9-5-6-17-12-20-21(13-17)18-10-15(3)7-8-16(18)4/h7-8,10,12-14,19H,5-6,9,11H2,1-4H3. The lowest BCUT2D eigenvalue weighted by atomic mass is 10.1. The molecule has 21 heavy (non-hydrogen) atoms. The Morgan fingerprint density at radius 1 is 1.24 bits per heavy atom. The van der Waals surface area contributed by atoms with Gasteiger partial charge >= 0.3 is 0 Å². The molecule has 0 saturated heterocycles. The van der Waals surface area contributed by atoms with Crippen LogP contribution in [-0.2, 0) is 6.42 Å². The number of rotatable bonds is 7. The van der Waals surface area contributed by atoms with Crippen LogP contribution < -0.4 is 5.32 Å². The van der Waals surface area contributed by atoms with Crippen LogP contribution in [0.4, 0.5) is 0 Å². The van der Waals surface area contributed by atoms with Gasteiger partial charge < -0.3 is 5.32 Å². The first-order chi connectivity index (χ1) is 10.1. The van der Waals surface area contributed by atoms with Crippen molar-refractivity contribution >= 4 is 0 Å². The molecule has 0 radical (unpaired) electrons. The molecule has 0 amide bonds. The molecule has 0 spiro atoms. The summed E-state index contributed by atoms with van der Waals surface area (Å²) in [6.07, 6.45) is 6.38. The van der Waals surface area contributed by atoms with E-state index >= 15 is 0 Å². The fraction of sp³-hybridized carbons (Fsp3) is 0.500. The predicted octanol–water partition coefficient (Wildman–Crippen LogP) is 3.67. The molecular formula is C18H27N3. The smallest absolute Gasteiger partial charge is 0.0677 e. The fourth-order valence-electron chi connectivity index (χ4n) is 2.40. The number of nitrogens with zero attached hydrogens (tertiary/aromatic N) is 2. The van der Waals surface area contributed by atoms with Gasteiger partial charge in [-0.1, -0.05) is 26.0 Å². The maximum absolute atomic E-state index is 4.51. The van der Waals surface area contributed by atoms with E-state index in [-0.39, 0.29) is 0 Å². The van der Waals surface area contributed by atoms with Gasteiger partial charge in [-0.25, -0.2) is 4.68 Å². The Balaban J connectivity index is 1.91. The van der Waals surface area contributed by atoms with Gasteiger partial charge in [0.25, 0.3) is 0 Å². The van der Waals surface area contributed by atoms with Crippen molar-refractivity contribution in [2.45, 2.75) is 40.5 Å². The van der Waals surface area contributed by atoms with Gasteiger partial charge in [0.1, 0.15) is 0 Å². The largest absolute Gasteiger partial charge is 0.316 e. The number of nitrogens with one attached hydrogen (secondary N) is 1. The van der Waals surface area contributed by atoms with Crippen molar-refractivity contribution < 1.29 is 0 Å². The molecule has 2 aromatic rings. The molecule has 3 heteroatoms. The molecule has 1 heterocycles. The highest BCUT2D eigenvalue weighted by Crippen LogP contribution is 2.16. The van der Waals surface area contributed by atoms with Crippen LogP contribution in [-0.4, -0.2) is 22.9 Å². The van der Waals surface area contributed by atoms with Gasteiger partial charge in [-0.05, 0) is 68.5 Å². The van der Waals surface area contributed by atoms with E-state index in [0.29, 0.717) is 0 Å². The van der Waals surface area contributed by atoms with E-state index in [1.54, 1.807) is 0 Å². The van der Waals surface area contributed by atoms with Crippen molar-refractivity contribution in [2.75, 3.05) is 13.1 Å². The zero-order valence-electron chi connectivity index (χ0n) is 13.7. The molecule has 0 aliphatic heterocycles. The summed E-state index contributed by atoms with van der Waals surface area (Å²) >= 11 is 0. The first-order valence-electron chi connectivity index (χ1n) is 7.88. The van der Waals surface area contributed by atoms with Crippen LogP contribution in [0, 0.1) is 19.8 Å². The van der Waals surface area contributed by atoms with Crippen LogP contribution in [0.5, 0.6) is 0 Å². The van der Waals surface area contributed by atoms with Gasteiger partial charge in [0.15, 0.2) is 0 Å². The van der Waals surface area contributed by atoms with Crippen molar-refractivity contribution in [3.05, 3.63) is 47.3 Å². The summed E-state index contributed by atoms with van der Waals surface area (Å²) in [4.78, 5) is 0. The Kier molecular flexibility index (Phi) is 5.57. The van der Waals surface area contributed by atoms with Crippen molar-refractivity contribution in [3.63, 3.8) is 0 Å². The molecule has 0 fully saturated rings. The van der Waals surface area contributed by atoms with Crippen molar-refractivity contribution in [1.29, 1.82) is 0 Å². The summed E-state index contributed by atoms with van der Waals surface area (Å²) in [5, 5.41) is 7.99. The SMILES string of the molecule is Cc1ccc(C)c(-n2cc(CCCNCC(C)C)cn2)c1. The highest BCUT2D eigenvalue weighted by molar-refractivity contribution is 5.42. The maximum Gasteiger partial charge on any atom is 0.0677 e. The minimum absolute atomic E-state index is 0.719. The monoisotopic (exact) mass is 285 g/mol. The number of hydrogen-bond acceptors (Lipinski definition) is 2. The molecule has 0 aliphatic rings. The highest BCUT2D eigenvalue weighted by atomic mass is 15.3. The van der Waals surface area contributed by atoms with Gasteiger partial charge in [-0.15, -0.1) is 0 Å². The molecule has 0 bridgehead atoms. The van der Waals surface area contributed by atoms with Gasteiger partial charge in [0, 0.05) is 6.20 Å². The molecule has 1 N–H and O–H groups in total. The number of hydrogen-bond donors (Lipinski definition) is 1. The Bertz CT molecular complexity index is 570. The molecule has 3 nitrogen and oxygen atoms in total. The van der Waals surface area contributed by atoms with E-state index in [2.05, 4.69) is 62.5 Å². The topological polar surface area (TPSA) is 29.9 Å². The van der Waals surface area contributed by atoms with Crippen LogP contribution in [0.3, 0.4) is 0 Å². The minimum Gasteiger partial charge on any atom is -0.316 e. The van der Waals surface area contributed by atoms with Crippen LogP contribution in [0.1, 0.15) is 37.0 Å². The van der Waals surface area contributed by atoms with Crippen LogP contribution in [0.15, 0.2) is 30.6 Å². The summed E-state index contributed by atoms with van der Waals surface area (Å²) < 4.78 is 2.00. The summed E-state index contributed by atoms with van der Waals surface area (Å²) in [6.45, 7) is 10.9. The van der Waals surface area contributed by atoms with Gasteiger partial charge in [-0.2, -0.15) is 5.10 Å². The quantitative estimate of drug-likeness (QED) is 0.787. The molecule has 0 atom stereocenters. The molecule has 2 rings (SSSR count). The first-order valence-corrected chi connectivity index (χ1v) is 7.88. The molecule has 0 saturated carbocycles. The minimum atomic E-state index is 0.719. The number of aryl methyl sites for hydroxylation is 3. The zero-order valence-corrected chi connectivity index (χ0v) is 13.7. The van der Waals surface area contributed by atoms with Crippen molar-refractivity contribution in [3.8, 4) is 5.69 Å². The normalized spacial score (nSPS) is 11.3. The van der Waals surface area contributed by atoms with Crippen molar-refractivity contribution in [2.24, 2.45) is 5.92 Å². The number of benzene rings is 1. The molecule has 1 aromatic heterocycles. The van der Waals surface area contributed by atoms with E-state index < -0.39 is 0 Å². The maximum atomic E-state index is 4.51. The molecule has 0 aliphatic carbocycles. The van der Waals surface area contributed by atoms with Gasteiger partial charge in [-0.3, -0.25) is 0 Å². The third kappa shape index (κ3) is 4.71. The van der Waals surface area contributed by atoms with E-state index in [1.165, 1.54) is 22.4 Å². The molecule has 0 unspecified atom stereocenters. The lowest BCUT2D eigenvalue weighted by Gasteiger charge is -2.07. The molecular weight excluding hydrogens is 258 g/mol. The average molecular weight is 285 g/mol. The average Bonchev–Trinajstić information content (AvgIpc) is 2.89. The van der Waals surface area contributed by atoms with E-state index in [0.717, 1.165) is 31.8 Å². The zero-order chi connectivity index (χ0) is 15.2. The lowest BCUT2D eigenvalue weighted by Crippen LogP contribution is -2.20. The molecule has 1 aromatic carbocycles. The third-order valence-corrected chi connectivity index (χ3v) is 3.62. The number of aromatic nitrogens is 2. The second kappa shape index (κ2) is 7.41. The highest BCUT2D eigenvalue weighted by Gasteiger charge is 2.04. The fourth-order valence-corrected chi connectivity index (χ4v) is 2.40. The van der Waals surface area contributed by atoms with E-state index in [9.17, 15) is 0 Å². The predicted molar refractivity (Wildman–Crippen MR) is 89.1 cm³/mol. The summed E-state index contributed by atoms with van der Waals surface area (Å²) in [7, 11) is 0. The summed E-state index contributed by atoms with van der Waals surface area (Å²) in [5.74, 6) is 0.719.